The number of hydrogen-bond donors (Lipinski definition) is 0. The predicted molar refractivity (Wildman–Crippen MR) is 81.9 cm³/mol. The Morgan fingerprint density at radius 1 is 1.30 bits per heavy atom. The van der Waals surface area contributed by atoms with Crippen molar-refractivity contribution in [1.29, 1.82) is 0 Å². The highest BCUT2D eigenvalue weighted by Gasteiger charge is 2.38. The first kappa shape index (κ1) is 15.6. The summed E-state index contributed by atoms with van der Waals surface area (Å²) in [5.41, 5.74) is 0.656. The molecule has 1 amide bonds. The van der Waals surface area contributed by atoms with Gasteiger partial charge >= 0.3 is 0 Å². The van der Waals surface area contributed by atoms with Gasteiger partial charge in [0.05, 0.1) is 28.8 Å². The summed E-state index contributed by atoms with van der Waals surface area (Å²) in [7, 11) is -1.86. The summed E-state index contributed by atoms with van der Waals surface area (Å²) in [4.78, 5) is 17.9. The van der Waals surface area contributed by atoms with E-state index >= 15 is 0 Å². The number of rotatable bonds is 3. The van der Waals surface area contributed by atoms with Crippen LogP contribution in [-0.4, -0.2) is 37.0 Å². The standard InChI is InChI=1S/C16H15FN2O3S/c1-19(16(20)9-13-12(17)6-4-8-18-13)14-10-23(21,22)15-7-3-2-5-11(14)15/h2-8,14H,9-10H2,1H3. The fraction of sp³-hybridized carbons (Fsp3) is 0.250. The Hall–Kier alpha value is -2.28. The minimum absolute atomic E-state index is 0.0542. The van der Waals surface area contributed by atoms with E-state index in [1.807, 2.05) is 0 Å². The molecular formula is C16H15FN2O3S. The number of likely N-dealkylation sites (N-methyl/N-ethyl adjacent to an activating group) is 1. The van der Waals surface area contributed by atoms with Crippen molar-refractivity contribution in [1.82, 2.24) is 9.88 Å². The maximum atomic E-state index is 13.6. The molecule has 7 heteroatoms. The average molecular weight is 334 g/mol. The normalized spacial score (nSPS) is 18.4. The second-order valence-corrected chi connectivity index (χ2v) is 7.45. The van der Waals surface area contributed by atoms with Crippen LogP contribution in [0.1, 0.15) is 17.3 Å². The maximum absolute atomic E-state index is 13.6. The lowest BCUT2D eigenvalue weighted by molar-refractivity contribution is -0.131. The van der Waals surface area contributed by atoms with Gasteiger partial charge in [-0.25, -0.2) is 12.8 Å². The molecule has 5 nitrogen and oxygen atoms in total. The Kier molecular flexibility index (Phi) is 3.89. The number of carbonyl (C=O) groups excluding carboxylic acids is 1. The van der Waals surface area contributed by atoms with Crippen LogP contribution < -0.4 is 0 Å². The van der Waals surface area contributed by atoms with Gasteiger partial charge in [0, 0.05) is 13.2 Å². The van der Waals surface area contributed by atoms with E-state index in [1.165, 1.54) is 30.3 Å². The minimum Gasteiger partial charge on any atom is -0.337 e. The Bertz CT molecular complexity index is 867. The third-order valence-corrected chi connectivity index (χ3v) is 5.80. The van der Waals surface area contributed by atoms with Gasteiger partial charge in [-0.3, -0.25) is 9.78 Å². The zero-order valence-electron chi connectivity index (χ0n) is 12.4. The van der Waals surface area contributed by atoms with Crippen LogP contribution in [0.3, 0.4) is 0 Å². The zero-order valence-corrected chi connectivity index (χ0v) is 13.3. The first-order valence-corrected chi connectivity index (χ1v) is 8.72. The SMILES string of the molecule is CN(C(=O)Cc1ncccc1F)C1CS(=O)(=O)c2ccccc21. The van der Waals surface area contributed by atoms with Gasteiger partial charge in [-0.15, -0.1) is 0 Å². The zero-order chi connectivity index (χ0) is 16.6. The van der Waals surface area contributed by atoms with E-state index in [9.17, 15) is 17.6 Å². The van der Waals surface area contributed by atoms with E-state index in [1.54, 1.807) is 24.3 Å². The van der Waals surface area contributed by atoms with Crippen molar-refractivity contribution in [3.8, 4) is 0 Å². The van der Waals surface area contributed by atoms with Gasteiger partial charge in [0.2, 0.25) is 5.91 Å². The first-order valence-electron chi connectivity index (χ1n) is 7.07. The lowest BCUT2D eigenvalue weighted by Crippen LogP contribution is -2.33. The number of carbonyl (C=O) groups is 1. The van der Waals surface area contributed by atoms with Crippen molar-refractivity contribution in [2.45, 2.75) is 17.4 Å². The molecule has 0 N–H and O–H groups in total. The molecule has 120 valence electrons. The second-order valence-electron chi connectivity index (χ2n) is 5.45. The smallest absolute Gasteiger partial charge is 0.228 e. The monoisotopic (exact) mass is 334 g/mol. The number of halogens is 1. The lowest BCUT2D eigenvalue weighted by atomic mass is 10.1. The van der Waals surface area contributed by atoms with Crippen molar-refractivity contribution in [3.05, 3.63) is 59.7 Å². The number of nitrogens with zero attached hydrogens (tertiary/aromatic N) is 2. The van der Waals surface area contributed by atoms with E-state index in [0.717, 1.165) is 0 Å². The van der Waals surface area contributed by atoms with Gasteiger partial charge in [-0.05, 0) is 23.8 Å². The van der Waals surface area contributed by atoms with Gasteiger partial charge in [0.25, 0.3) is 0 Å². The molecule has 1 unspecified atom stereocenters. The molecule has 1 aromatic carbocycles. The minimum atomic E-state index is -3.40. The predicted octanol–water partition coefficient (Wildman–Crippen LogP) is 1.75. The van der Waals surface area contributed by atoms with Crippen LogP contribution in [0.15, 0.2) is 47.5 Å². The molecule has 1 atom stereocenters. The molecule has 23 heavy (non-hydrogen) atoms. The van der Waals surface area contributed by atoms with Crippen LogP contribution in [0, 0.1) is 5.82 Å². The summed E-state index contributed by atoms with van der Waals surface area (Å²) in [6, 6.07) is 8.78. The van der Waals surface area contributed by atoms with E-state index < -0.39 is 21.7 Å². The molecule has 0 fully saturated rings. The van der Waals surface area contributed by atoms with Gasteiger partial charge < -0.3 is 4.90 Å². The molecule has 0 saturated carbocycles. The van der Waals surface area contributed by atoms with Crippen molar-refractivity contribution >= 4 is 15.7 Å². The maximum Gasteiger partial charge on any atom is 0.228 e. The van der Waals surface area contributed by atoms with Crippen molar-refractivity contribution in [2.75, 3.05) is 12.8 Å². The van der Waals surface area contributed by atoms with Crippen molar-refractivity contribution in [2.24, 2.45) is 0 Å². The van der Waals surface area contributed by atoms with Crippen LogP contribution in [-0.2, 0) is 21.1 Å². The van der Waals surface area contributed by atoms with E-state index in [2.05, 4.69) is 4.98 Å². The second kappa shape index (κ2) is 5.73. The Morgan fingerprint density at radius 3 is 2.78 bits per heavy atom. The molecule has 0 saturated heterocycles. The number of aromatic nitrogens is 1. The Morgan fingerprint density at radius 2 is 2.04 bits per heavy atom. The van der Waals surface area contributed by atoms with E-state index in [4.69, 9.17) is 0 Å². The number of fused-ring (bicyclic) bond motifs is 1. The molecule has 2 aromatic rings. The number of pyridine rings is 1. The topological polar surface area (TPSA) is 67.3 Å². The summed E-state index contributed by atoms with van der Waals surface area (Å²) in [6.45, 7) is 0. The summed E-state index contributed by atoms with van der Waals surface area (Å²) >= 11 is 0. The van der Waals surface area contributed by atoms with Gasteiger partial charge in [-0.1, -0.05) is 18.2 Å². The molecule has 0 spiro atoms. The highest BCUT2D eigenvalue weighted by Crippen LogP contribution is 2.36. The van der Waals surface area contributed by atoms with Crippen LogP contribution in [0.5, 0.6) is 0 Å². The summed E-state index contributed by atoms with van der Waals surface area (Å²) in [6.07, 6.45) is 1.21. The van der Waals surface area contributed by atoms with Crippen molar-refractivity contribution in [3.63, 3.8) is 0 Å². The van der Waals surface area contributed by atoms with Gasteiger partial charge in [0.15, 0.2) is 9.84 Å². The molecule has 1 aliphatic heterocycles. The van der Waals surface area contributed by atoms with Crippen LogP contribution in [0.25, 0.3) is 0 Å². The number of sulfone groups is 1. The third kappa shape index (κ3) is 2.84. The lowest BCUT2D eigenvalue weighted by Gasteiger charge is -2.24. The van der Waals surface area contributed by atoms with Crippen LogP contribution >= 0.6 is 0 Å². The summed E-state index contributed by atoms with van der Waals surface area (Å²) in [5, 5.41) is 0. The quantitative estimate of drug-likeness (QED) is 0.858. The first-order chi connectivity index (χ1) is 10.9. The molecule has 2 heterocycles. The fourth-order valence-corrected chi connectivity index (χ4v) is 4.58. The Balaban J connectivity index is 1.86. The van der Waals surface area contributed by atoms with E-state index in [-0.39, 0.29) is 28.7 Å². The highest BCUT2D eigenvalue weighted by atomic mass is 32.2. The fourth-order valence-electron chi connectivity index (χ4n) is 2.74. The number of benzene rings is 1. The summed E-state index contributed by atoms with van der Waals surface area (Å²) in [5.74, 6) is -1.08. The third-order valence-electron chi connectivity index (χ3n) is 4.00. The largest absolute Gasteiger partial charge is 0.337 e. The molecule has 0 bridgehead atoms. The number of amides is 1. The molecule has 3 rings (SSSR count). The summed E-state index contributed by atoms with van der Waals surface area (Å²) < 4.78 is 38.0. The molecule has 0 aliphatic carbocycles. The van der Waals surface area contributed by atoms with Crippen molar-refractivity contribution < 1.29 is 17.6 Å². The molecule has 1 aromatic heterocycles. The number of hydrogen-bond acceptors (Lipinski definition) is 4. The van der Waals surface area contributed by atoms with Crippen LogP contribution in [0.4, 0.5) is 4.39 Å². The molecular weight excluding hydrogens is 319 g/mol. The van der Waals surface area contributed by atoms with Crippen LogP contribution in [0.2, 0.25) is 0 Å². The molecule has 0 radical (unpaired) electrons. The highest BCUT2D eigenvalue weighted by molar-refractivity contribution is 7.91. The van der Waals surface area contributed by atoms with Gasteiger partial charge in [0.1, 0.15) is 5.82 Å². The molecule has 1 aliphatic rings. The average Bonchev–Trinajstić information content (AvgIpc) is 2.81. The Labute approximate surface area is 133 Å². The van der Waals surface area contributed by atoms with E-state index in [0.29, 0.717) is 5.56 Å². The van der Waals surface area contributed by atoms with Gasteiger partial charge in [-0.2, -0.15) is 0 Å².